The Bertz CT molecular complexity index is 1110. The average molecular weight is 431 g/mol. The van der Waals surface area contributed by atoms with E-state index in [9.17, 15) is 14.4 Å². The number of imide groups is 1. The summed E-state index contributed by atoms with van der Waals surface area (Å²) in [7, 11) is 0. The SMILES string of the molecule is CC(C(=O)Nc1ccccc1)c1cccc(-c2ccc(CC3SC(=O)NC3=O)cc2)c1. The van der Waals surface area contributed by atoms with E-state index in [2.05, 4.69) is 10.6 Å². The Morgan fingerprint density at radius 1 is 0.968 bits per heavy atom. The lowest BCUT2D eigenvalue weighted by atomic mass is 9.95. The fourth-order valence-corrected chi connectivity index (χ4v) is 4.35. The molecule has 6 heteroatoms. The van der Waals surface area contributed by atoms with Crippen LogP contribution < -0.4 is 10.6 Å². The number of nitrogens with one attached hydrogen (secondary N) is 2. The summed E-state index contributed by atoms with van der Waals surface area (Å²) >= 11 is 1.04. The third-order valence-electron chi connectivity index (χ3n) is 5.30. The Kier molecular flexibility index (Phi) is 6.18. The first-order chi connectivity index (χ1) is 15.0. The van der Waals surface area contributed by atoms with E-state index < -0.39 is 0 Å². The van der Waals surface area contributed by atoms with Gasteiger partial charge in [0, 0.05) is 5.69 Å². The molecule has 3 aromatic rings. The van der Waals surface area contributed by atoms with E-state index in [1.807, 2.05) is 85.8 Å². The van der Waals surface area contributed by atoms with Crippen LogP contribution in [0.25, 0.3) is 11.1 Å². The van der Waals surface area contributed by atoms with Crippen molar-refractivity contribution in [3.8, 4) is 11.1 Å². The largest absolute Gasteiger partial charge is 0.326 e. The van der Waals surface area contributed by atoms with Gasteiger partial charge in [-0.3, -0.25) is 19.7 Å². The average Bonchev–Trinajstić information content (AvgIpc) is 3.11. The van der Waals surface area contributed by atoms with Gasteiger partial charge in [-0.1, -0.05) is 78.5 Å². The minimum atomic E-state index is -0.370. The van der Waals surface area contributed by atoms with Crippen molar-refractivity contribution in [2.24, 2.45) is 0 Å². The molecule has 1 aliphatic rings. The molecular formula is C25H22N2O3S. The molecule has 156 valence electrons. The van der Waals surface area contributed by atoms with Crippen molar-refractivity contribution in [3.05, 3.63) is 90.0 Å². The highest BCUT2D eigenvalue weighted by atomic mass is 32.2. The lowest BCUT2D eigenvalue weighted by molar-refractivity contribution is -0.119. The van der Waals surface area contributed by atoms with E-state index in [0.717, 1.165) is 39.7 Å². The minimum Gasteiger partial charge on any atom is -0.326 e. The number of rotatable bonds is 6. The van der Waals surface area contributed by atoms with Gasteiger partial charge in [-0.05, 0) is 47.7 Å². The topological polar surface area (TPSA) is 75.3 Å². The fraction of sp³-hybridized carbons (Fsp3) is 0.160. The summed E-state index contributed by atoms with van der Waals surface area (Å²) in [6.07, 6.45) is 0.513. The predicted molar refractivity (Wildman–Crippen MR) is 124 cm³/mol. The van der Waals surface area contributed by atoms with E-state index in [4.69, 9.17) is 0 Å². The van der Waals surface area contributed by atoms with Gasteiger partial charge in [-0.15, -0.1) is 0 Å². The molecule has 0 radical (unpaired) electrons. The van der Waals surface area contributed by atoms with Crippen LogP contribution in [-0.2, 0) is 16.0 Å². The van der Waals surface area contributed by atoms with Gasteiger partial charge in [0.2, 0.25) is 11.8 Å². The molecule has 0 aromatic heterocycles. The Hall–Kier alpha value is -3.38. The number of amides is 3. The number of hydrogen-bond acceptors (Lipinski definition) is 4. The first kappa shape index (κ1) is 20.9. The molecule has 1 fully saturated rings. The van der Waals surface area contributed by atoms with Crippen LogP contribution in [0.2, 0.25) is 0 Å². The van der Waals surface area contributed by atoms with Gasteiger partial charge in [-0.25, -0.2) is 0 Å². The molecule has 2 unspecified atom stereocenters. The van der Waals surface area contributed by atoms with Gasteiger partial charge in [0.15, 0.2) is 0 Å². The number of anilines is 1. The van der Waals surface area contributed by atoms with Gasteiger partial charge in [0.05, 0.1) is 11.2 Å². The Balaban J connectivity index is 1.45. The summed E-state index contributed by atoms with van der Waals surface area (Å²) in [5, 5.41) is 4.61. The van der Waals surface area contributed by atoms with Crippen LogP contribution in [0.3, 0.4) is 0 Å². The van der Waals surface area contributed by atoms with E-state index in [-0.39, 0.29) is 28.2 Å². The standard InChI is InChI=1S/C25H22N2O3S/c1-16(23(28)26-21-8-3-2-4-9-21)19-6-5-7-20(15-19)18-12-10-17(11-13-18)14-22-24(29)27-25(30)31-22/h2-13,15-16,22H,14H2,1H3,(H,26,28)(H,27,29,30). The molecule has 3 amide bonds. The number of carbonyl (C=O) groups is 3. The summed E-state index contributed by atoms with van der Waals surface area (Å²) in [6.45, 7) is 1.89. The summed E-state index contributed by atoms with van der Waals surface area (Å²) in [5.74, 6) is -0.579. The number of hydrogen-bond donors (Lipinski definition) is 2. The Morgan fingerprint density at radius 2 is 1.71 bits per heavy atom. The molecule has 2 atom stereocenters. The molecule has 0 spiro atoms. The quantitative estimate of drug-likeness (QED) is 0.578. The highest BCUT2D eigenvalue weighted by Gasteiger charge is 2.31. The molecule has 1 heterocycles. The van der Waals surface area contributed by atoms with Crippen molar-refractivity contribution in [1.82, 2.24) is 5.32 Å². The van der Waals surface area contributed by atoms with E-state index in [1.54, 1.807) is 0 Å². The molecule has 0 saturated carbocycles. The number of benzene rings is 3. The second kappa shape index (κ2) is 9.18. The molecular weight excluding hydrogens is 408 g/mol. The zero-order chi connectivity index (χ0) is 21.8. The highest BCUT2D eigenvalue weighted by Crippen LogP contribution is 2.27. The van der Waals surface area contributed by atoms with Gasteiger partial charge in [0.1, 0.15) is 0 Å². The molecule has 31 heavy (non-hydrogen) atoms. The molecule has 4 rings (SSSR count). The first-order valence-electron chi connectivity index (χ1n) is 10.1. The van der Waals surface area contributed by atoms with Crippen LogP contribution in [0.15, 0.2) is 78.9 Å². The van der Waals surface area contributed by atoms with E-state index in [1.165, 1.54) is 0 Å². The van der Waals surface area contributed by atoms with Gasteiger partial charge in [-0.2, -0.15) is 0 Å². The number of para-hydroxylation sites is 1. The van der Waals surface area contributed by atoms with Crippen LogP contribution >= 0.6 is 11.8 Å². The maximum Gasteiger partial charge on any atom is 0.286 e. The van der Waals surface area contributed by atoms with Gasteiger partial charge < -0.3 is 5.32 Å². The lowest BCUT2D eigenvalue weighted by Gasteiger charge is -2.14. The highest BCUT2D eigenvalue weighted by molar-refractivity contribution is 8.15. The maximum absolute atomic E-state index is 12.7. The van der Waals surface area contributed by atoms with E-state index >= 15 is 0 Å². The molecule has 1 saturated heterocycles. The Labute approximate surface area is 185 Å². The second-order valence-corrected chi connectivity index (χ2v) is 8.66. The maximum atomic E-state index is 12.7. The predicted octanol–water partition coefficient (Wildman–Crippen LogP) is 4.99. The zero-order valence-electron chi connectivity index (χ0n) is 17.0. The smallest absolute Gasteiger partial charge is 0.286 e. The first-order valence-corrected chi connectivity index (χ1v) is 10.9. The number of thioether (sulfide) groups is 1. The number of carbonyl (C=O) groups excluding carboxylic acids is 3. The van der Waals surface area contributed by atoms with Crippen molar-refractivity contribution < 1.29 is 14.4 Å². The van der Waals surface area contributed by atoms with Gasteiger partial charge in [0.25, 0.3) is 5.24 Å². The third kappa shape index (κ3) is 5.03. The van der Waals surface area contributed by atoms with Crippen molar-refractivity contribution in [1.29, 1.82) is 0 Å². The lowest BCUT2D eigenvalue weighted by Crippen LogP contribution is -2.25. The summed E-state index contributed by atoms with van der Waals surface area (Å²) in [4.78, 5) is 35.7. The second-order valence-electron chi connectivity index (χ2n) is 7.49. The van der Waals surface area contributed by atoms with Gasteiger partial charge >= 0.3 is 0 Å². The molecule has 2 N–H and O–H groups in total. The molecule has 5 nitrogen and oxygen atoms in total. The fourth-order valence-electron chi connectivity index (χ4n) is 3.49. The van der Waals surface area contributed by atoms with Crippen molar-refractivity contribution in [2.45, 2.75) is 24.5 Å². The Morgan fingerprint density at radius 3 is 2.39 bits per heavy atom. The minimum absolute atomic E-state index is 0.0550. The van der Waals surface area contributed by atoms with Crippen molar-refractivity contribution >= 4 is 34.5 Å². The summed E-state index contributed by atoms with van der Waals surface area (Å²) < 4.78 is 0. The van der Waals surface area contributed by atoms with Crippen molar-refractivity contribution in [2.75, 3.05) is 5.32 Å². The normalized spacial score (nSPS) is 16.6. The molecule has 0 bridgehead atoms. The molecule has 1 aliphatic heterocycles. The third-order valence-corrected chi connectivity index (χ3v) is 6.28. The molecule has 0 aliphatic carbocycles. The summed E-state index contributed by atoms with van der Waals surface area (Å²) in [5.41, 5.74) is 4.76. The zero-order valence-corrected chi connectivity index (χ0v) is 17.8. The molecule has 3 aromatic carbocycles. The van der Waals surface area contributed by atoms with Crippen LogP contribution in [-0.4, -0.2) is 22.3 Å². The monoisotopic (exact) mass is 430 g/mol. The van der Waals surface area contributed by atoms with Crippen LogP contribution in [0.1, 0.15) is 24.0 Å². The van der Waals surface area contributed by atoms with E-state index in [0.29, 0.717) is 6.42 Å². The summed E-state index contributed by atoms with van der Waals surface area (Å²) in [6, 6.07) is 25.3. The van der Waals surface area contributed by atoms with Crippen LogP contribution in [0.5, 0.6) is 0 Å². The van der Waals surface area contributed by atoms with Crippen LogP contribution in [0.4, 0.5) is 10.5 Å². The van der Waals surface area contributed by atoms with Crippen molar-refractivity contribution in [3.63, 3.8) is 0 Å². The van der Waals surface area contributed by atoms with Crippen LogP contribution in [0, 0.1) is 0 Å².